The number of nitrogens with one attached hydrogen (secondary N) is 2. The Kier molecular flexibility index (Phi) is 24.3. The number of nitrogens with zero attached hydrogens (tertiary/aromatic N) is 6. The van der Waals surface area contributed by atoms with Crippen LogP contribution in [0.5, 0.6) is 11.5 Å². The number of rotatable bonds is 17. The standard InChI is InChI=1S/C58H73Cl2N9O7.C2HF3O2/c1-39-56(72)64-50(38-75-5)58(74)66(3)48(30-41-16-21-45(59)22-17-41)33-54(70)63-34-47(15-9-10-26-61)65(2)57(73)44(29-40-13-7-6-8-14-40)31-55(71)69(39)36-43-18-23-46(60)32-52(43)76-49-24-19-42(20-25-49)51-35-62-53(67(51)4)37-68-27-11-12-28-68;3-2(4,5)1(6)7/h6-8,13-14,16-25,32,35,39,44,47-48,50H,9-12,15,26-31,33-34,36-38,61H2,1-5H3,(H,63,70)(H,64,72);(H,6,7)/t39-,44+,47-,48-,50-;/m0./s1. The Hall–Kier alpha value is -7.04. The molecule has 3 heterocycles. The molecule has 0 saturated carbocycles. The van der Waals surface area contributed by atoms with E-state index < -0.39 is 60.0 Å². The van der Waals surface area contributed by atoms with Crippen LogP contribution in [0, 0.1) is 5.92 Å². The van der Waals surface area contributed by atoms with Crippen molar-refractivity contribution in [1.82, 2.24) is 39.8 Å². The number of ether oxygens (including phenoxy) is 2. The van der Waals surface area contributed by atoms with Gasteiger partial charge in [-0.15, -0.1) is 0 Å². The first kappa shape index (κ1) is 65.1. The molecule has 0 aliphatic carbocycles. The lowest BCUT2D eigenvalue weighted by atomic mass is 9.92. The molecule has 23 heteroatoms. The van der Waals surface area contributed by atoms with E-state index in [-0.39, 0.29) is 50.8 Å². The predicted octanol–water partition coefficient (Wildman–Crippen LogP) is 8.06. The molecule has 0 bridgehead atoms. The van der Waals surface area contributed by atoms with Crippen LogP contribution in [0.1, 0.15) is 74.4 Å². The lowest BCUT2D eigenvalue weighted by Gasteiger charge is -2.35. The molecule has 448 valence electrons. The Balaban J connectivity index is 0.00000148. The molecule has 5 atom stereocenters. The zero-order valence-corrected chi connectivity index (χ0v) is 48.9. The molecule has 0 radical (unpaired) electrons. The number of benzene rings is 4. The monoisotopic (exact) mass is 1190 g/mol. The summed E-state index contributed by atoms with van der Waals surface area (Å²) >= 11 is 12.9. The number of unbranched alkanes of at least 4 members (excludes halogenated alkanes) is 1. The highest BCUT2D eigenvalue weighted by atomic mass is 35.5. The fourth-order valence-corrected chi connectivity index (χ4v) is 10.3. The normalized spacial score (nSPS) is 20.1. The number of alkyl halides is 3. The molecule has 2 aliphatic heterocycles. The number of methoxy groups -OCH3 is 1. The van der Waals surface area contributed by atoms with Gasteiger partial charge in [-0.3, -0.25) is 28.9 Å². The van der Waals surface area contributed by atoms with Crippen molar-refractivity contribution in [3.8, 4) is 22.8 Å². The number of nitrogens with two attached hydrogens (primary N) is 1. The molecule has 2 saturated heterocycles. The van der Waals surface area contributed by atoms with E-state index in [1.165, 1.54) is 29.8 Å². The number of carbonyl (C=O) groups is 6. The number of aliphatic carboxylic acids is 1. The highest BCUT2D eigenvalue weighted by molar-refractivity contribution is 6.31. The number of amides is 5. The van der Waals surface area contributed by atoms with Crippen LogP contribution in [0.4, 0.5) is 13.2 Å². The van der Waals surface area contributed by atoms with Gasteiger partial charge >= 0.3 is 12.1 Å². The summed E-state index contributed by atoms with van der Waals surface area (Å²) in [6.45, 7) is 4.79. The summed E-state index contributed by atoms with van der Waals surface area (Å²) in [5.41, 5.74) is 10.1. The second-order valence-corrected chi connectivity index (χ2v) is 21.8. The van der Waals surface area contributed by atoms with Crippen LogP contribution < -0.4 is 21.1 Å². The summed E-state index contributed by atoms with van der Waals surface area (Å²) in [5, 5.41) is 14.0. The van der Waals surface area contributed by atoms with Gasteiger partial charge in [0.1, 0.15) is 29.4 Å². The third kappa shape index (κ3) is 19.0. The van der Waals surface area contributed by atoms with E-state index in [2.05, 4.69) is 20.1 Å². The van der Waals surface area contributed by atoms with Crippen LogP contribution in [-0.2, 0) is 66.5 Å². The number of imidazole rings is 1. The number of likely N-dealkylation sites (tertiary alicyclic amines) is 1. The van der Waals surface area contributed by atoms with Crippen molar-refractivity contribution < 1.29 is 56.5 Å². The minimum absolute atomic E-state index is 0.0825. The Bertz CT molecular complexity index is 2970. The highest BCUT2D eigenvalue weighted by Gasteiger charge is 2.39. The average molecular weight is 1190 g/mol. The number of likely N-dealkylation sites (N-methyl/N-ethyl adjacent to an activating group) is 2. The van der Waals surface area contributed by atoms with E-state index in [0.717, 1.165) is 47.8 Å². The quantitative estimate of drug-likeness (QED) is 0.0650. The summed E-state index contributed by atoms with van der Waals surface area (Å²) < 4.78 is 45.9. The van der Waals surface area contributed by atoms with E-state index in [1.54, 1.807) is 56.3 Å². The molecule has 4 aromatic carbocycles. The third-order valence-corrected chi connectivity index (χ3v) is 15.5. The number of hydrogen-bond acceptors (Lipinski definition) is 11. The summed E-state index contributed by atoms with van der Waals surface area (Å²) in [5.74, 6) is -4.01. The van der Waals surface area contributed by atoms with Gasteiger partial charge in [-0.2, -0.15) is 13.2 Å². The maximum atomic E-state index is 15.3. The predicted molar refractivity (Wildman–Crippen MR) is 309 cm³/mol. The van der Waals surface area contributed by atoms with E-state index >= 15 is 9.59 Å². The zero-order valence-electron chi connectivity index (χ0n) is 47.4. The van der Waals surface area contributed by atoms with Crippen molar-refractivity contribution in [2.75, 3.05) is 54.0 Å². The van der Waals surface area contributed by atoms with Gasteiger partial charge < -0.3 is 50.2 Å². The molecule has 0 unspecified atom stereocenters. The smallest absolute Gasteiger partial charge is 0.475 e. The van der Waals surface area contributed by atoms with Gasteiger partial charge in [-0.05, 0) is 125 Å². The fraction of sp³-hybridized carbons (Fsp3) is 0.450. The van der Waals surface area contributed by atoms with Crippen LogP contribution in [-0.4, -0.2) is 154 Å². The van der Waals surface area contributed by atoms with Crippen LogP contribution in [0.2, 0.25) is 10.0 Å². The lowest BCUT2D eigenvalue weighted by Crippen LogP contribution is -2.57. The SMILES string of the molecule is COC[C@@H]1NC(=O)[C@H](C)N(Cc2ccc(Cl)cc2Oc2ccc(-c3cnc(CN4CCCC4)n3C)cc2)C(=O)C[C@@H](Cc2ccccc2)C(=O)N(C)[C@@H](CCCCN)CNC(=O)C[C@H](Cc2ccc(Cl)cc2)N(C)C1=O.O=C(O)C(F)(F)F. The first-order valence-electron chi connectivity index (χ1n) is 27.5. The van der Waals surface area contributed by atoms with Crippen LogP contribution in [0.3, 0.4) is 0 Å². The van der Waals surface area contributed by atoms with Gasteiger partial charge in [0.15, 0.2) is 0 Å². The minimum atomic E-state index is -5.08. The number of aromatic nitrogens is 2. The first-order valence-corrected chi connectivity index (χ1v) is 28.3. The second-order valence-electron chi connectivity index (χ2n) is 20.9. The van der Waals surface area contributed by atoms with Gasteiger partial charge in [0.25, 0.3) is 0 Å². The Morgan fingerprint density at radius 3 is 2.08 bits per heavy atom. The molecular weight excluding hydrogens is 1120 g/mol. The van der Waals surface area contributed by atoms with E-state index in [9.17, 15) is 27.6 Å². The summed E-state index contributed by atoms with van der Waals surface area (Å²) in [6.07, 6.45) is 1.30. The topological polar surface area (TPSA) is 222 Å². The molecule has 2 aliphatic rings. The number of carbonyl (C=O) groups excluding carboxylic acids is 5. The third-order valence-electron chi connectivity index (χ3n) is 15.0. The second kappa shape index (κ2) is 31.0. The van der Waals surface area contributed by atoms with Crippen molar-refractivity contribution >= 4 is 58.7 Å². The zero-order chi connectivity index (χ0) is 60.4. The van der Waals surface area contributed by atoms with Gasteiger partial charge in [0.2, 0.25) is 29.5 Å². The maximum absolute atomic E-state index is 15.3. The maximum Gasteiger partial charge on any atom is 0.490 e. The molecule has 2 fully saturated rings. The van der Waals surface area contributed by atoms with Gasteiger partial charge in [0, 0.05) is 80.9 Å². The summed E-state index contributed by atoms with van der Waals surface area (Å²) in [7, 11) is 6.75. The van der Waals surface area contributed by atoms with Gasteiger partial charge in [0.05, 0.1) is 37.5 Å². The number of hydrogen-bond donors (Lipinski definition) is 4. The molecule has 18 nitrogen and oxygen atoms in total. The Morgan fingerprint density at radius 1 is 0.807 bits per heavy atom. The largest absolute Gasteiger partial charge is 0.490 e. The summed E-state index contributed by atoms with van der Waals surface area (Å²) in [6, 6.07) is 25.9. The number of halogens is 5. The van der Waals surface area contributed by atoms with E-state index in [1.807, 2.05) is 80.0 Å². The van der Waals surface area contributed by atoms with Gasteiger partial charge in [-0.1, -0.05) is 78.2 Å². The Labute approximate surface area is 492 Å². The van der Waals surface area contributed by atoms with Crippen LogP contribution >= 0.6 is 23.2 Å². The molecule has 1 aromatic heterocycles. The van der Waals surface area contributed by atoms with E-state index in [0.29, 0.717) is 59.3 Å². The minimum Gasteiger partial charge on any atom is -0.475 e. The molecule has 7 rings (SSSR count). The molecular formula is C60H74Cl2F3N9O9. The molecule has 5 N–H and O–H groups in total. The van der Waals surface area contributed by atoms with Crippen molar-refractivity contribution in [2.45, 2.75) is 108 Å². The van der Waals surface area contributed by atoms with Crippen molar-refractivity contribution in [3.63, 3.8) is 0 Å². The van der Waals surface area contributed by atoms with Crippen LogP contribution in [0.25, 0.3) is 11.3 Å². The molecule has 83 heavy (non-hydrogen) atoms. The molecule has 5 amide bonds. The average Bonchev–Trinajstić information content (AvgIpc) is 4.33. The fourth-order valence-electron chi connectivity index (χ4n) is 10.1. The number of carboxylic acids is 1. The van der Waals surface area contributed by atoms with Crippen molar-refractivity contribution in [1.29, 1.82) is 0 Å². The number of carboxylic acid groups (broad SMARTS) is 1. The lowest BCUT2D eigenvalue weighted by molar-refractivity contribution is -0.192. The highest BCUT2D eigenvalue weighted by Crippen LogP contribution is 2.33. The molecule has 5 aromatic rings. The first-order chi connectivity index (χ1) is 39.6. The Morgan fingerprint density at radius 2 is 1.45 bits per heavy atom. The van der Waals surface area contributed by atoms with Crippen molar-refractivity contribution in [3.05, 3.63) is 136 Å². The van der Waals surface area contributed by atoms with Gasteiger partial charge in [-0.25, -0.2) is 9.78 Å². The van der Waals surface area contributed by atoms with E-state index in [4.69, 9.17) is 53.3 Å². The summed E-state index contributed by atoms with van der Waals surface area (Å²) in [4.78, 5) is 94.2. The molecule has 0 spiro atoms. The van der Waals surface area contributed by atoms with Crippen molar-refractivity contribution in [2.24, 2.45) is 18.7 Å². The van der Waals surface area contributed by atoms with Crippen LogP contribution in [0.15, 0.2) is 103 Å².